The summed E-state index contributed by atoms with van der Waals surface area (Å²) >= 11 is 0. The van der Waals surface area contributed by atoms with E-state index in [-0.39, 0.29) is 0 Å². The fraction of sp³-hybridized carbons (Fsp3) is 0.600. The molecule has 2 nitrogen and oxygen atoms in total. The molecule has 1 N–H and O–H groups in total. The van der Waals surface area contributed by atoms with Crippen LogP contribution < -0.4 is 4.90 Å². The number of hydrogen-bond donors (Lipinski definition) is 1. The molecule has 1 aromatic rings. The van der Waals surface area contributed by atoms with Crippen LogP contribution in [0.5, 0.6) is 0 Å². The molecule has 0 amide bonds. The minimum absolute atomic E-state index is 0.393. The third-order valence-corrected chi connectivity index (χ3v) is 3.81. The number of aliphatic hydroxyl groups excluding tert-OH is 1. The predicted octanol–water partition coefficient (Wildman–Crippen LogP) is 3.36. The van der Waals surface area contributed by atoms with Gasteiger partial charge < -0.3 is 10.0 Å². The van der Waals surface area contributed by atoms with Gasteiger partial charge in [-0.3, -0.25) is 0 Å². The van der Waals surface area contributed by atoms with E-state index in [1.54, 1.807) is 0 Å². The van der Waals surface area contributed by atoms with E-state index < -0.39 is 6.10 Å². The normalized spacial score (nSPS) is 26.9. The molecule has 1 fully saturated rings. The lowest BCUT2D eigenvalue weighted by atomic mass is 9.93. The number of rotatable bonds is 2. The SMILES string of the molecule is CC1CCC(C)N(c2ccccc2[C@H](C)O)C1. The highest BCUT2D eigenvalue weighted by Gasteiger charge is 2.25. The summed E-state index contributed by atoms with van der Waals surface area (Å²) in [4.78, 5) is 2.45. The van der Waals surface area contributed by atoms with E-state index in [2.05, 4.69) is 30.9 Å². The summed E-state index contributed by atoms with van der Waals surface area (Å²) < 4.78 is 0. The van der Waals surface area contributed by atoms with E-state index in [1.807, 2.05) is 19.1 Å². The second-order valence-corrected chi connectivity index (χ2v) is 5.42. The van der Waals surface area contributed by atoms with Crippen molar-refractivity contribution in [2.45, 2.75) is 45.8 Å². The molecule has 1 aliphatic rings. The number of benzene rings is 1. The Balaban J connectivity index is 2.31. The van der Waals surface area contributed by atoms with E-state index in [9.17, 15) is 5.11 Å². The van der Waals surface area contributed by atoms with Crippen molar-refractivity contribution in [2.75, 3.05) is 11.4 Å². The van der Waals surface area contributed by atoms with Crippen LogP contribution in [0.25, 0.3) is 0 Å². The molecule has 94 valence electrons. The van der Waals surface area contributed by atoms with E-state index in [4.69, 9.17) is 0 Å². The number of piperidine rings is 1. The van der Waals surface area contributed by atoms with Crippen molar-refractivity contribution in [3.8, 4) is 0 Å². The van der Waals surface area contributed by atoms with Crippen LogP contribution in [0.3, 0.4) is 0 Å². The van der Waals surface area contributed by atoms with E-state index in [0.29, 0.717) is 6.04 Å². The van der Waals surface area contributed by atoms with Crippen molar-refractivity contribution >= 4 is 5.69 Å². The molecular weight excluding hydrogens is 210 g/mol. The smallest absolute Gasteiger partial charge is 0.0781 e. The van der Waals surface area contributed by atoms with Crippen molar-refractivity contribution in [1.29, 1.82) is 0 Å². The highest BCUT2D eigenvalue weighted by molar-refractivity contribution is 5.55. The van der Waals surface area contributed by atoms with Gasteiger partial charge in [0.1, 0.15) is 0 Å². The second kappa shape index (κ2) is 5.09. The Bertz CT molecular complexity index is 375. The van der Waals surface area contributed by atoms with Crippen LogP contribution in [0.4, 0.5) is 5.69 Å². The molecule has 0 spiro atoms. The van der Waals surface area contributed by atoms with E-state index in [1.165, 1.54) is 18.5 Å². The maximum absolute atomic E-state index is 9.86. The van der Waals surface area contributed by atoms with Crippen LogP contribution >= 0.6 is 0 Å². The van der Waals surface area contributed by atoms with Crippen molar-refractivity contribution in [3.63, 3.8) is 0 Å². The standard InChI is InChI=1S/C15H23NO/c1-11-8-9-12(2)16(10-11)15-7-5-4-6-14(15)13(3)17/h4-7,11-13,17H,8-10H2,1-3H3/t11?,12?,13-/m0/s1. The predicted molar refractivity (Wildman–Crippen MR) is 72.3 cm³/mol. The van der Waals surface area contributed by atoms with Crippen LogP contribution in [-0.2, 0) is 0 Å². The summed E-state index contributed by atoms with van der Waals surface area (Å²) in [7, 11) is 0. The maximum atomic E-state index is 9.86. The molecule has 1 aromatic carbocycles. The van der Waals surface area contributed by atoms with Gasteiger partial charge in [0.25, 0.3) is 0 Å². The Morgan fingerprint density at radius 1 is 1.24 bits per heavy atom. The Kier molecular flexibility index (Phi) is 3.72. The first-order valence-corrected chi connectivity index (χ1v) is 6.63. The molecule has 0 aliphatic carbocycles. The van der Waals surface area contributed by atoms with Gasteiger partial charge in [0.05, 0.1) is 6.10 Å². The molecule has 17 heavy (non-hydrogen) atoms. The van der Waals surface area contributed by atoms with Crippen LogP contribution in [0.1, 0.15) is 45.3 Å². The number of aliphatic hydroxyl groups is 1. The zero-order valence-corrected chi connectivity index (χ0v) is 11.1. The maximum Gasteiger partial charge on any atom is 0.0781 e. The van der Waals surface area contributed by atoms with Gasteiger partial charge in [-0.1, -0.05) is 25.1 Å². The molecule has 1 heterocycles. The van der Waals surface area contributed by atoms with Gasteiger partial charge in [-0.25, -0.2) is 0 Å². The lowest BCUT2D eigenvalue weighted by Gasteiger charge is -2.40. The van der Waals surface area contributed by atoms with Gasteiger partial charge in [-0.05, 0) is 38.7 Å². The second-order valence-electron chi connectivity index (χ2n) is 5.42. The summed E-state index contributed by atoms with van der Waals surface area (Å²) in [5.41, 5.74) is 2.26. The van der Waals surface area contributed by atoms with Gasteiger partial charge in [0.15, 0.2) is 0 Å². The van der Waals surface area contributed by atoms with Crippen molar-refractivity contribution < 1.29 is 5.11 Å². The number of nitrogens with zero attached hydrogens (tertiary/aromatic N) is 1. The average Bonchev–Trinajstić information content (AvgIpc) is 2.32. The third-order valence-electron chi connectivity index (χ3n) is 3.81. The minimum atomic E-state index is -0.393. The topological polar surface area (TPSA) is 23.5 Å². The molecule has 0 bridgehead atoms. The highest BCUT2D eigenvalue weighted by atomic mass is 16.3. The molecule has 0 saturated carbocycles. The Morgan fingerprint density at radius 2 is 1.94 bits per heavy atom. The molecule has 3 atom stereocenters. The van der Waals surface area contributed by atoms with Gasteiger partial charge in [-0.15, -0.1) is 0 Å². The Hall–Kier alpha value is -1.02. The lowest BCUT2D eigenvalue weighted by Crippen LogP contribution is -2.41. The minimum Gasteiger partial charge on any atom is -0.389 e. The van der Waals surface area contributed by atoms with Gasteiger partial charge >= 0.3 is 0 Å². The highest BCUT2D eigenvalue weighted by Crippen LogP contribution is 2.32. The van der Waals surface area contributed by atoms with Crippen LogP contribution in [0, 0.1) is 5.92 Å². The van der Waals surface area contributed by atoms with Crippen LogP contribution in [-0.4, -0.2) is 17.7 Å². The van der Waals surface area contributed by atoms with Crippen LogP contribution in [0.15, 0.2) is 24.3 Å². The fourth-order valence-corrected chi connectivity index (χ4v) is 2.73. The van der Waals surface area contributed by atoms with Gasteiger partial charge in [0.2, 0.25) is 0 Å². The Labute approximate surface area is 104 Å². The zero-order valence-electron chi connectivity index (χ0n) is 11.1. The van der Waals surface area contributed by atoms with Gasteiger partial charge in [-0.2, -0.15) is 0 Å². The molecule has 0 radical (unpaired) electrons. The lowest BCUT2D eigenvalue weighted by molar-refractivity contribution is 0.199. The number of anilines is 1. The Morgan fingerprint density at radius 3 is 2.65 bits per heavy atom. The number of hydrogen-bond acceptors (Lipinski definition) is 2. The monoisotopic (exact) mass is 233 g/mol. The van der Waals surface area contributed by atoms with E-state index in [0.717, 1.165) is 18.0 Å². The molecule has 2 unspecified atom stereocenters. The summed E-state index contributed by atoms with van der Waals surface area (Å²) in [6, 6.07) is 8.81. The fourth-order valence-electron chi connectivity index (χ4n) is 2.73. The molecule has 1 aliphatic heterocycles. The molecule has 0 aromatic heterocycles. The largest absolute Gasteiger partial charge is 0.389 e. The average molecular weight is 233 g/mol. The molecule has 2 heteroatoms. The molecule has 2 rings (SSSR count). The summed E-state index contributed by atoms with van der Waals surface area (Å²) in [6.07, 6.45) is 2.17. The summed E-state index contributed by atoms with van der Waals surface area (Å²) in [6.45, 7) is 7.54. The van der Waals surface area contributed by atoms with Crippen molar-refractivity contribution in [3.05, 3.63) is 29.8 Å². The first-order chi connectivity index (χ1) is 8.09. The quantitative estimate of drug-likeness (QED) is 0.846. The first-order valence-electron chi connectivity index (χ1n) is 6.63. The zero-order chi connectivity index (χ0) is 12.4. The molecule has 1 saturated heterocycles. The number of para-hydroxylation sites is 1. The van der Waals surface area contributed by atoms with Gasteiger partial charge in [0, 0.05) is 23.8 Å². The molecular formula is C15H23NO. The first kappa shape index (κ1) is 12.4. The summed E-state index contributed by atoms with van der Waals surface area (Å²) in [5.74, 6) is 0.744. The summed E-state index contributed by atoms with van der Waals surface area (Å²) in [5, 5.41) is 9.86. The van der Waals surface area contributed by atoms with E-state index >= 15 is 0 Å². The van der Waals surface area contributed by atoms with Crippen molar-refractivity contribution in [1.82, 2.24) is 0 Å². The van der Waals surface area contributed by atoms with Crippen LogP contribution in [0.2, 0.25) is 0 Å². The third kappa shape index (κ3) is 2.63. The van der Waals surface area contributed by atoms with Crippen molar-refractivity contribution in [2.24, 2.45) is 5.92 Å².